The zero-order valence-corrected chi connectivity index (χ0v) is 10.5. The molecule has 0 spiro atoms. The molecule has 0 saturated heterocycles. The van der Waals surface area contributed by atoms with Gasteiger partial charge in [0, 0.05) is 0 Å². The number of hydrogen-bond acceptors (Lipinski definition) is 3. The molecule has 0 atom stereocenters. The highest BCUT2D eigenvalue weighted by molar-refractivity contribution is 5.59. The molecule has 0 fully saturated rings. The highest BCUT2D eigenvalue weighted by Crippen LogP contribution is 2.08. The minimum absolute atomic E-state index is 0.135. The Hall–Kier alpha value is -0.730. The monoisotopic (exact) mass is 229 g/mol. The van der Waals surface area contributed by atoms with Crippen LogP contribution in [0.3, 0.4) is 0 Å². The number of ether oxygens (including phenoxy) is 2. The third-order valence-electron chi connectivity index (χ3n) is 2.44. The van der Waals surface area contributed by atoms with Crippen LogP contribution in [0.15, 0.2) is 0 Å². The summed E-state index contributed by atoms with van der Waals surface area (Å²) in [5.74, 6) is 0. The molecule has 1 radical (unpaired) electrons. The summed E-state index contributed by atoms with van der Waals surface area (Å²) < 4.78 is 9.37. The van der Waals surface area contributed by atoms with Crippen LogP contribution in [0.1, 0.15) is 58.3 Å². The largest absolute Gasteiger partial charge is 0.508 e. The summed E-state index contributed by atoms with van der Waals surface area (Å²) in [5, 5.41) is 0. The van der Waals surface area contributed by atoms with Gasteiger partial charge in [0.25, 0.3) is 0 Å². The normalized spacial score (nSPS) is 10.1. The van der Waals surface area contributed by atoms with Gasteiger partial charge in [0.15, 0.2) is 0 Å². The fraction of sp³-hybridized carbons (Fsp3) is 0.846. The molecule has 0 aliphatic rings. The van der Waals surface area contributed by atoms with Crippen LogP contribution in [0.4, 0.5) is 4.79 Å². The molecule has 0 heterocycles. The molecule has 0 unspecified atom stereocenters. The van der Waals surface area contributed by atoms with E-state index in [1.807, 2.05) is 0 Å². The second-order valence-electron chi connectivity index (χ2n) is 3.92. The van der Waals surface area contributed by atoms with Crippen LogP contribution in [0, 0.1) is 6.92 Å². The summed E-state index contributed by atoms with van der Waals surface area (Å²) in [6.45, 7) is 6.22. The van der Waals surface area contributed by atoms with Gasteiger partial charge in [-0.3, -0.25) is 0 Å². The third kappa shape index (κ3) is 11.3. The Bertz CT molecular complexity index is 157. The van der Waals surface area contributed by atoms with Crippen LogP contribution in [-0.2, 0) is 9.47 Å². The van der Waals surface area contributed by atoms with Crippen molar-refractivity contribution in [3.63, 3.8) is 0 Å². The molecule has 0 amide bonds. The highest BCUT2D eigenvalue weighted by Gasteiger charge is 2.00. The predicted octanol–water partition coefficient (Wildman–Crippen LogP) is 4.11. The molecule has 0 aliphatic carbocycles. The summed E-state index contributed by atoms with van der Waals surface area (Å²) in [4.78, 5) is 10.8. The zero-order valence-electron chi connectivity index (χ0n) is 10.5. The summed E-state index contributed by atoms with van der Waals surface area (Å²) in [6, 6.07) is 0. The van der Waals surface area contributed by atoms with Crippen molar-refractivity contribution in [2.45, 2.75) is 58.3 Å². The van der Waals surface area contributed by atoms with Gasteiger partial charge in [0.2, 0.25) is 0 Å². The average Bonchev–Trinajstić information content (AvgIpc) is 2.27. The molecule has 0 aliphatic heterocycles. The first-order valence-corrected chi connectivity index (χ1v) is 6.40. The first-order valence-electron chi connectivity index (χ1n) is 6.40. The van der Waals surface area contributed by atoms with E-state index in [-0.39, 0.29) is 6.61 Å². The van der Waals surface area contributed by atoms with Crippen LogP contribution in [-0.4, -0.2) is 19.4 Å². The van der Waals surface area contributed by atoms with Gasteiger partial charge in [0.1, 0.15) is 0 Å². The lowest BCUT2D eigenvalue weighted by atomic mass is 10.1. The van der Waals surface area contributed by atoms with E-state index >= 15 is 0 Å². The lowest BCUT2D eigenvalue weighted by Crippen LogP contribution is -2.07. The molecule has 0 aromatic heterocycles. The van der Waals surface area contributed by atoms with Gasteiger partial charge in [-0.05, 0) is 13.3 Å². The van der Waals surface area contributed by atoms with Gasteiger partial charge >= 0.3 is 6.16 Å². The average molecular weight is 229 g/mol. The van der Waals surface area contributed by atoms with Crippen molar-refractivity contribution in [3.8, 4) is 0 Å². The Morgan fingerprint density at radius 1 is 0.938 bits per heavy atom. The number of hydrogen-bond donors (Lipinski definition) is 0. The number of rotatable bonds is 10. The standard InChI is InChI=1S/C13H25O3/c1-3-5-6-7-8-9-10-11-12-16-13(14)15-4-2/h2-12H2,1H3. The molecular formula is C13H25O3. The first kappa shape index (κ1) is 15.3. The van der Waals surface area contributed by atoms with Gasteiger partial charge in [-0.25, -0.2) is 4.79 Å². The molecule has 0 N–H and O–H groups in total. The quantitative estimate of drug-likeness (QED) is 0.417. The van der Waals surface area contributed by atoms with Crippen LogP contribution < -0.4 is 0 Å². The van der Waals surface area contributed by atoms with Crippen molar-refractivity contribution >= 4 is 6.16 Å². The SMILES string of the molecule is [CH2]COC(=O)OCCCCCCCCCC. The van der Waals surface area contributed by atoms with E-state index in [1.54, 1.807) is 0 Å². The van der Waals surface area contributed by atoms with Crippen molar-refractivity contribution < 1.29 is 14.3 Å². The minimum atomic E-state index is -0.599. The lowest BCUT2D eigenvalue weighted by molar-refractivity contribution is 0.0616. The van der Waals surface area contributed by atoms with Crippen molar-refractivity contribution in [3.05, 3.63) is 6.92 Å². The van der Waals surface area contributed by atoms with E-state index in [0.29, 0.717) is 6.61 Å². The summed E-state index contributed by atoms with van der Waals surface area (Å²) >= 11 is 0. The van der Waals surface area contributed by atoms with Crippen LogP contribution in [0.2, 0.25) is 0 Å². The van der Waals surface area contributed by atoms with E-state index in [0.717, 1.165) is 12.8 Å². The predicted molar refractivity (Wildman–Crippen MR) is 65.3 cm³/mol. The Kier molecular flexibility index (Phi) is 11.8. The van der Waals surface area contributed by atoms with Crippen LogP contribution in [0.25, 0.3) is 0 Å². The van der Waals surface area contributed by atoms with E-state index in [4.69, 9.17) is 4.74 Å². The maximum atomic E-state index is 10.8. The summed E-state index contributed by atoms with van der Waals surface area (Å²) in [5.41, 5.74) is 0. The van der Waals surface area contributed by atoms with Gasteiger partial charge in [-0.1, -0.05) is 51.9 Å². The van der Waals surface area contributed by atoms with Gasteiger partial charge < -0.3 is 9.47 Å². The molecule has 16 heavy (non-hydrogen) atoms. The Morgan fingerprint density at radius 3 is 2.06 bits per heavy atom. The van der Waals surface area contributed by atoms with Gasteiger partial charge in [-0.2, -0.15) is 0 Å². The number of unbranched alkanes of at least 4 members (excludes halogenated alkanes) is 7. The van der Waals surface area contributed by atoms with E-state index in [9.17, 15) is 4.79 Å². The maximum Gasteiger partial charge on any atom is 0.508 e. The lowest BCUT2D eigenvalue weighted by Gasteiger charge is -2.04. The van der Waals surface area contributed by atoms with Crippen LogP contribution >= 0.6 is 0 Å². The molecule has 3 nitrogen and oxygen atoms in total. The van der Waals surface area contributed by atoms with Crippen molar-refractivity contribution in [2.24, 2.45) is 0 Å². The Morgan fingerprint density at radius 2 is 1.50 bits per heavy atom. The smallest absolute Gasteiger partial charge is 0.434 e. The van der Waals surface area contributed by atoms with E-state index in [2.05, 4.69) is 18.6 Å². The van der Waals surface area contributed by atoms with E-state index in [1.165, 1.54) is 38.5 Å². The van der Waals surface area contributed by atoms with Crippen molar-refractivity contribution in [2.75, 3.05) is 13.2 Å². The molecule has 0 aromatic rings. The molecule has 0 bridgehead atoms. The molecular weight excluding hydrogens is 204 g/mol. The molecule has 0 saturated carbocycles. The van der Waals surface area contributed by atoms with Crippen molar-refractivity contribution in [1.82, 2.24) is 0 Å². The Labute approximate surface area is 99.5 Å². The van der Waals surface area contributed by atoms with E-state index < -0.39 is 6.16 Å². The topological polar surface area (TPSA) is 35.5 Å². The second-order valence-corrected chi connectivity index (χ2v) is 3.92. The molecule has 0 aromatic carbocycles. The molecule has 0 rings (SSSR count). The number of carbonyl (C=O) groups is 1. The number of carbonyl (C=O) groups excluding carboxylic acids is 1. The summed E-state index contributed by atoms with van der Waals surface area (Å²) in [7, 11) is 0. The third-order valence-corrected chi connectivity index (χ3v) is 2.44. The second kappa shape index (κ2) is 12.3. The summed E-state index contributed by atoms with van der Waals surface area (Å²) in [6.07, 6.45) is 9.31. The zero-order chi connectivity index (χ0) is 12.1. The van der Waals surface area contributed by atoms with Gasteiger partial charge in [0.05, 0.1) is 13.2 Å². The highest BCUT2D eigenvalue weighted by atomic mass is 16.7. The molecule has 3 heteroatoms. The fourth-order valence-corrected chi connectivity index (χ4v) is 1.52. The Balaban J connectivity index is 3.01. The van der Waals surface area contributed by atoms with Gasteiger partial charge in [-0.15, -0.1) is 0 Å². The molecule has 95 valence electrons. The van der Waals surface area contributed by atoms with Crippen LogP contribution in [0.5, 0.6) is 0 Å². The van der Waals surface area contributed by atoms with Crippen molar-refractivity contribution in [1.29, 1.82) is 0 Å². The fourth-order valence-electron chi connectivity index (χ4n) is 1.52. The first-order chi connectivity index (χ1) is 7.81. The maximum absolute atomic E-state index is 10.8. The minimum Gasteiger partial charge on any atom is -0.434 e.